The molecule has 0 saturated carbocycles. The van der Waals surface area contributed by atoms with E-state index in [-0.39, 0.29) is 11.5 Å². The molecule has 0 aliphatic carbocycles. The molecule has 5 heteroatoms. The Morgan fingerprint density at radius 3 is 2.88 bits per heavy atom. The van der Waals surface area contributed by atoms with Crippen LogP contribution in [0.3, 0.4) is 0 Å². The van der Waals surface area contributed by atoms with E-state index in [0.717, 1.165) is 5.56 Å². The molecule has 0 N–H and O–H groups in total. The van der Waals surface area contributed by atoms with Crippen LogP contribution in [0.15, 0.2) is 23.6 Å². The molecule has 17 heavy (non-hydrogen) atoms. The van der Waals surface area contributed by atoms with Crippen LogP contribution in [0, 0.1) is 12.7 Å². The first-order valence-electron chi connectivity index (χ1n) is 4.92. The van der Waals surface area contributed by atoms with Gasteiger partial charge < -0.3 is 4.74 Å². The van der Waals surface area contributed by atoms with E-state index in [1.165, 1.54) is 24.5 Å². The van der Waals surface area contributed by atoms with Crippen molar-refractivity contribution in [1.29, 1.82) is 0 Å². The van der Waals surface area contributed by atoms with Crippen molar-refractivity contribution in [3.8, 4) is 10.6 Å². The molecule has 0 aliphatic heterocycles. The SMILES string of the molecule is COC(=O)c1csc(-c2ccc(C)cc2F)n1. The van der Waals surface area contributed by atoms with E-state index in [0.29, 0.717) is 10.6 Å². The summed E-state index contributed by atoms with van der Waals surface area (Å²) in [7, 11) is 1.29. The number of rotatable bonds is 2. The number of esters is 1. The van der Waals surface area contributed by atoms with Crippen molar-refractivity contribution in [1.82, 2.24) is 4.98 Å². The van der Waals surface area contributed by atoms with Gasteiger partial charge in [-0.25, -0.2) is 14.2 Å². The molecule has 2 aromatic rings. The van der Waals surface area contributed by atoms with Crippen LogP contribution in [-0.4, -0.2) is 18.1 Å². The van der Waals surface area contributed by atoms with E-state index < -0.39 is 5.97 Å². The summed E-state index contributed by atoms with van der Waals surface area (Å²) < 4.78 is 18.2. The van der Waals surface area contributed by atoms with Gasteiger partial charge in [-0.3, -0.25) is 0 Å². The van der Waals surface area contributed by atoms with E-state index >= 15 is 0 Å². The highest BCUT2D eigenvalue weighted by atomic mass is 32.1. The van der Waals surface area contributed by atoms with Gasteiger partial charge in [-0.05, 0) is 24.6 Å². The summed E-state index contributed by atoms with van der Waals surface area (Å²) in [6.07, 6.45) is 0. The molecule has 3 nitrogen and oxygen atoms in total. The molecule has 1 heterocycles. The lowest BCUT2D eigenvalue weighted by molar-refractivity contribution is 0.0595. The maximum absolute atomic E-state index is 13.7. The van der Waals surface area contributed by atoms with E-state index in [4.69, 9.17) is 0 Å². The maximum Gasteiger partial charge on any atom is 0.357 e. The van der Waals surface area contributed by atoms with Gasteiger partial charge in [-0.15, -0.1) is 11.3 Å². The Hall–Kier alpha value is -1.75. The Bertz CT molecular complexity index is 565. The minimum Gasteiger partial charge on any atom is -0.464 e. The average molecular weight is 251 g/mol. The highest BCUT2D eigenvalue weighted by Crippen LogP contribution is 2.27. The molecule has 0 unspecified atom stereocenters. The summed E-state index contributed by atoms with van der Waals surface area (Å²) in [4.78, 5) is 15.3. The van der Waals surface area contributed by atoms with E-state index in [2.05, 4.69) is 9.72 Å². The van der Waals surface area contributed by atoms with Gasteiger partial charge in [0.1, 0.15) is 10.8 Å². The van der Waals surface area contributed by atoms with Crippen molar-refractivity contribution in [3.05, 3.63) is 40.7 Å². The monoisotopic (exact) mass is 251 g/mol. The minimum absolute atomic E-state index is 0.201. The van der Waals surface area contributed by atoms with Crippen LogP contribution in [0.2, 0.25) is 0 Å². The van der Waals surface area contributed by atoms with Crippen LogP contribution in [0.25, 0.3) is 10.6 Å². The Labute approximate surface area is 102 Å². The lowest BCUT2D eigenvalue weighted by Gasteiger charge is -1.99. The van der Waals surface area contributed by atoms with Crippen LogP contribution >= 0.6 is 11.3 Å². The third-order valence-corrected chi connectivity index (χ3v) is 3.13. The number of nitrogens with zero attached hydrogens (tertiary/aromatic N) is 1. The van der Waals surface area contributed by atoms with Gasteiger partial charge in [0.05, 0.1) is 7.11 Å². The van der Waals surface area contributed by atoms with Crippen molar-refractivity contribution >= 4 is 17.3 Å². The molecule has 0 amide bonds. The number of methoxy groups -OCH3 is 1. The quantitative estimate of drug-likeness (QED) is 0.770. The number of hydrogen-bond donors (Lipinski definition) is 0. The van der Waals surface area contributed by atoms with Gasteiger partial charge in [0.2, 0.25) is 0 Å². The summed E-state index contributed by atoms with van der Waals surface area (Å²) >= 11 is 1.21. The van der Waals surface area contributed by atoms with Crippen molar-refractivity contribution in [2.75, 3.05) is 7.11 Å². The Balaban J connectivity index is 2.40. The molecule has 0 radical (unpaired) electrons. The van der Waals surface area contributed by atoms with Crippen LogP contribution in [0.5, 0.6) is 0 Å². The first-order valence-corrected chi connectivity index (χ1v) is 5.80. The fourth-order valence-corrected chi connectivity index (χ4v) is 2.21. The molecular formula is C12H10FNO2S. The van der Waals surface area contributed by atoms with Crippen LogP contribution in [-0.2, 0) is 4.74 Å². The largest absolute Gasteiger partial charge is 0.464 e. The Morgan fingerprint density at radius 1 is 1.47 bits per heavy atom. The number of thiazole rings is 1. The lowest BCUT2D eigenvalue weighted by Crippen LogP contribution is -2.01. The summed E-state index contributed by atoms with van der Waals surface area (Å²) in [5.74, 6) is -0.851. The molecule has 1 aromatic heterocycles. The molecule has 88 valence electrons. The zero-order valence-electron chi connectivity index (χ0n) is 9.36. The average Bonchev–Trinajstić information content (AvgIpc) is 2.77. The fraction of sp³-hybridized carbons (Fsp3) is 0.167. The van der Waals surface area contributed by atoms with Crippen molar-refractivity contribution < 1.29 is 13.9 Å². The summed E-state index contributed by atoms with van der Waals surface area (Å²) in [6.45, 7) is 1.81. The molecule has 0 atom stereocenters. The second kappa shape index (κ2) is 4.63. The predicted octanol–water partition coefficient (Wildman–Crippen LogP) is 3.04. The van der Waals surface area contributed by atoms with E-state index in [9.17, 15) is 9.18 Å². The summed E-state index contributed by atoms with van der Waals surface area (Å²) in [6, 6.07) is 4.90. The molecule has 0 fully saturated rings. The van der Waals surface area contributed by atoms with Gasteiger partial charge >= 0.3 is 5.97 Å². The third kappa shape index (κ3) is 2.34. The molecule has 0 aliphatic rings. The highest BCUT2D eigenvalue weighted by Gasteiger charge is 2.14. The first-order chi connectivity index (χ1) is 8.11. The van der Waals surface area contributed by atoms with Gasteiger partial charge in [0.25, 0.3) is 0 Å². The summed E-state index contributed by atoms with van der Waals surface area (Å²) in [5.41, 5.74) is 1.44. The topological polar surface area (TPSA) is 39.2 Å². The standard InChI is InChI=1S/C12H10FNO2S/c1-7-3-4-8(9(13)5-7)11-14-10(6-17-11)12(15)16-2/h3-6H,1-2H3. The number of carbonyl (C=O) groups excluding carboxylic acids is 1. The van der Waals surface area contributed by atoms with Crippen LogP contribution in [0.4, 0.5) is 4.39 Å². The van der Waals surface area contributed by atoms with E-state index in [1.807, 2.05) is 6.92 Å². The number of ether oxygens (including phenoxy) is 1. The van der Waals surface area contributed by atoms with Crippen molar-refractivity contribution in [2.45, 2.75) is 6.92 Å². The Kier molecular flexibility index (Phi) is 3.19. The number of hydrogen-bond acceptors (Lipinski definition) is 4. The Morgan fingerprint density at radius 2 is 2.24 bits per heavy atom. The number of benzene rings is 1. The lowest BCUT2D eigenvalue weighted by atomic mass is 10.1. The zero-order valence-corrected chi connectivity index (χ0v) is 10.2. The van der Waals surface area contributed by atoms with Crippen molar-refractivity contribution in [2.24, 2.45) is 0 Å². The number of carbonyl (C=O) groups is 1. The molecule has 0 saturated heterocycles. The van der Waals surface area contributed by atoms with Crippen molar-refractivity contribution in [3.63, 3.8) is 0 Å². The van der Waals surface area contributed by atoms with Gasteiger partial charge in [-0.2, -0.15) is 0 Å². The molecular weight excluding hydrogens is 241 g/mol. The predicted molar refractivity (Wildman–Crippen MR) is 63.6 cm³/mol. The minimum atomic E-state index is -0.514. The van der Waals surface area contributed by atoms with Gasteiger partial charge in [0, 0.05) is 10.9 Å². The molecule has 0 spiro atoms. The molecule has 1 aromatic carbocycles. The molecule has 2 rings (SSSR count). The highest BCUT2D eigenvalue weighted by molar-refractivity contribution is 7.13. The first kappa shape index (κ1) is 11.7. The second-order valence-corrected chi connectivity index (χ2v) is 4.37. The number of aryl methyl sites for hydroxylation is 1. The maximum atomic E-state index is 13.7. The van der Waals surface area contributed by atoms with Crippen LogP contribution in [0.1, 0.15) is 16.1 Å². The van der Waals surface area contributed by atoms with Gasteiger partial charge in [-0.1, -0.05) is 6.07 Å². The van der Waals surface area contributed by atoms with Crippen LogP contribution < -0.4 is 0 Å². The fourth-order valence-electron chi connectivity index (χ4n) is 1.39. The second-order valence-electron chi connectivity index (χ2n) is 3.51. The normalized spacial score (nSPS) is 10.3. The third-order valence-electron chi connectivity index (χ3n) is 2.25. The van der Waals surface area contributed by atoms with Gasteiger partial charge in [0.15, 0.2) is 5.69 Å². The van der Waals surface area contributed by atoms with E-state index in [1.54, 1.807) is 17.5 Å². The summed E-state index contributed by atoms with van der Waals surface area (Å²) in [5, 5.41) is 2.03. The number of aromatic nitrogens is 1. The number of halogens is 1. The smallest absolute Gasteiger partial charge is 0.357 e. The zero-order chi connectivity index (χ0) is 12.4. The molecule has 0 bridgehead atoms.